The Morgan fingerprint density at radius 2 is 2.21 bits per heavy atom. The van der Waals surface area contributed by atoms with E-state index >= 15 is 0 Å². The second kappa shape index (κ2) is 7.44. The Labute approximate surface area is 146 Å². The summed E-state index contributed by atoms with van der Waals surface area (Å²) in [5.41, 5.74) is 3.40. The number of aromatic amines is 1. The topological polar surface area (TPSA) is 70.2 Å². The molecule has 1 aromatic carbocycles. The van der Waals surface area contributed by atoms with Gasteiger partial charge >= 0.3 is 5.97 Å². The fourth-order valence-corrected chi connectivity index (χ4v) is 2.95. The molecule has 3 rings (SSSR count). The molecule has 1 aliphatic heterocycles. The summed E-state index contributed by atoms with van der Waals surface area (Å²) < 4.78 is 5.06. The highest BCUT2D eigenvalue weighted by Crippen LogP contribution is 2.21. The molecule has 0 aliphatic carbocycles. The van der Waals surface area contributed by atoms with E-state index in [1.165, 1.54) is 5.56 Å². The Kier molecular flexibility index (Phi) is 5.10. The van der Waals surface area contributed by atoms with Crippen LogP contribution in [0.25, 0.3) is 0 Å². The third-order valence-electron chi connectivity index (χ3n) is 3.98. The molecule has 0 radical (unpaired) electrons. The molecule has 0 amide bonds. The van der Waals surface area contributed by atoms with Gasteiger partial charge in [0.2, 0.25) is 0 Å². The average molecular weight is 344 g/mol. The summed E-state index contributed by atoms with van der Waals surface area (Å²) in [6, 6.07) is 10.1. The van der Waals surface area contributed by atoms with Crippen molar-refractivity contribution >= 4 is 23.3 Å². The number of fused-ring (bicyclic) bond motifs is 1. The minimum Gasteiger partial charge on any atom is -0.461 e. The summed E-state index contributed by atoms with van der Waals surface area (Å²) in [6.45, 7) is 4.14. The van der Waals surface area contributed by atoms with E-state index in [1.807, 2.05) is 18.2 Å². The van der Waals surface area contributed by atoms with Gasteiger partial charge in [0.05, 0.1) is 6.61 Å². The molecule has 1 aliphatic rings. The van der Waals surface area contributed by atoms with Crippen molar-refractivity contribution in [1.82, 2.24) is 20.4 Å². The molecule has 0 saturated heterocycles. The Bertz CT molecular complexity index is 729. The van der Waals surface area contributed by atoms with Crippen LogP contribution in [0.2, 0.25) is 0 Å². The van der Waals surface area contributed by atoms with E-state index in [0.717, 1.165) is 24.2 Å². The smallest absolute Gasteiger partial charge is 0.359 e. The van der Waals surface area contributed by atoms with E-state index in [2.05, 4.69) is 32.5 Å². The minimum atomic E-state index is -0.389. The summed E-state index contributed by atoms with van der Waals surface area (Å²) in [4.78, 5) is 14.0. The third kappa shape index (κ3) is 3.56. The van der Waals surface area contributed by atoms with Gasteiger partial charge in [-0.3, -0.25) is 5.10 Å². The van der Waals surface area contributed by atoms with Crippen molar-refractivity contribution in [2.45, 2.75) is 26.4 Å². The van der Waals surface area contributed by atoms with Gasteiger partial charge in [-0.25, -0.2) is 4.79 Å². The van der Waals surface area contributed by atoms with E-state index in [9.17, 15) is 4.79 Å². The SMILES string of the molecule is CCOC(=O)c1n[nH]c2c1CN(C(=S)NCc1ccccc1)CC2. The number of rotatable bonds is 4. The first kappa shape index (κ1) is 16.4. The second-order valence-corrected chi connectivity index (χ2v) is 5.95. The van der Waals surface area contributed by atoms with Crippen LogP contribution in [0, 0.1) is 0 Å². The van der Waals surface area contributed by atoms with E-state index in [-0.39, 0.29) is 5.97 Å². The monoisotopic (exact) mass is 344 g/mol. The van der Waals surface area contributed by atoms with Crippen LogP contribution in [0.5, 0.6) is 0 Å². The predicted octanol–water partition coefficient (Wildman–Crippen LogP) is 2.02. The molecule has 0 bridgehead atoms. The third-order valence-corrected chi connectivity index (χ3v) is 4.38. The van der Waals surface area contributed by atoms with E-state index in [4.69, 9.17) is 17.0 Å². The lowest BCUT2D eigenvalue weighted by molar-refractivity contribution is 0.0517. The number of aromatic nitrogens is 2. The van der Waals surface area contributed by atoms with Crippen molar-refractivity contribution in [2.75, 3.05) is 13.2 Å². The zero-order valence-electron chi connectivity index (χ0n) is 13.5. The zero-order valence-corrected chi connectivity index (χ0v) is 14.4. The summed E-state index contributed by atoms with van der Waals surface area (Å²) in [6.07, 6.45) is 0.773. The maximum Gasteiger partial charge on any atom is 0.359 e. The standard InChI is InChI=1S/C17H20N4O2S/c1-2-23-16(22)15-13-11-21(9-8-14(13)19-20-15)17(24)18-10-12-6-4-3-5-7-12/h3-7H,2,8-11H2,1H3,(H,18,24)(H,19,20). The van der Waals surface area contributed by atoms with Gasteiger partial charge in [-0.2, -0.15) is 5.10 Å². The Hall–Kier alpha value is -2.41. The number of esters is 1. The van der Waals surface area contributed by atoms with Gasteiger partial charge < -0.3 is 15.0 Å². The lowest BCUT2D eigenvalue weighted by Crippen LogP contribution is -2.42. The number of H-pyrrole nitrogens is 1. The highest BCUT2D eigenvalue weighted by Gasteiger charge is 2.27. The van der Waals surface area contributed by atoms with Crippen molar-refractivity contribution in [3.05, 3.63) is 52.8 Å². The number of carbonyl (C=O) groups excluding carboxylic acids is 1. The lowest BCUT2D eigenvalue weighted by Gasteiger charge is -2.29. The number of thiocarbonyl (C=S) groups is 1. The first-order chi connectivity index (χ1) is 11.7. The van der Waals surface area contributed by atoms with Crippen molar-refractivity contribution in [2.24, 2.45) is 0 Å². The number of hydrogen-bond acceptors (Lipinski definition) is 4. The molecule has 0 fully saturated rings. The molecule has 2 N–H and O–H groups in total. The average Bonchev–Trinajstić information content (AvgIpc) is 3.04. The zero-order chi connectivity index (χ0) is 16.9. The highest BCUT2D eigenvalue weighted by atomic mass is 32.1. The number of nitrogens with zero attached hydrogens (tertiary/aromatic N) is 2. The van der Waals surface area contributed by atoms with Crippen LogP contribution >= 0.6 is 12.2 Å². The number of ether oxygens (including phenoxy) is 1. The van der Waals surface area contributed by atoms with Gasteiger partial charge in [-0.15, -0.1) is 0 Å². The molecular weight excluding hydrogens is 324 g/mol. The number of benzene rings is 1. The molecule has 7 heteroatoms. The Morgan fingerprint density at radius 1 is 1.42 bits per heavy atom. The molecule has 0 unspecified atom stereocenters. The van der Waals surface area contributed by atoms with Crippen LogP contribution in [-0.2, 0) is 24.2 Å². The molecule has 1 aromatic heterocycles. The van der Waals surface area contributed by atoms with Crippen molar-refractivity contribution < 1.29 is 9.53 Å². The highest BCUT2D eigenvalue weighted by molar-refractivity contribution is 7.80. The quantitative estimate of drug-likeness (QED) is 0.653. The summed E-state index contributed by atoms with van der Waals surface area (Å²) in [5.74, 6) is -0.389. The Morgan fingerprint density at radius 3 is 2.96 bits per heavy atom. The maximum atomic E-state index is 12.0. The van der Waals surface area contributed by atoms with Gasteiger partial charge in [0.1, 0.15) is 0 Å². The van der Waals surface area contributed by atoms with E-state index < -0.39 is 0 Å². The summed E-state index contributed by atoms with van der Waals surface area (Å²) >= 11 is 5.50. The molecular formula is C17H20N4O2S. The van der Waals surface area contributed by atoms with Crippen LogP contribution in [-0.4, -0.2) is 39.3 Å². The van der Waals surface area contributed by atoms with Gasteiger partial charge in [0.15, 0.2) is 10.8 Å². The number of hydrogen-bond donors (Lipinski definition) is 2. The second-order valence-electron chi connectivity index (χ2n) is 5.57. The summed E-state index contributed by atoms with van der Waals surface area (Å²) in [5, 5.41) is 11.0. The maximum absolute atomic E-state index is 12.0. The fourth-order valence-electron chi connectivity index (χ4n) is 2.72. The van der Waals surface area contributed by atoms with Crippen molar-refractivity contribution in [3.8, 4) is 0 Å². The molecule has 0 saturated carbocycles. The molecule has 0 atom stereocenters. The fraction of sp³-hybridized carbons (Fsp3) is 0.353. The van der Waals surface area contributed by atoms with Crippen LogP contribution in [0.15, 0.2) is 30.3 Å². The first-order valence-electron chi connectivity index (χ1n) is 7.99. The number of nitrogens with one attached hydrogen (secondary N) is 2. The molecule has 126 valence electrons. The van der Waals surface area contributed by atoms with Gasteiger partial charge in [0.25, 0.3) is 0 Å². The van der Waals surface area contributed by atoms with Gasteiger partial charge in [-0.1, -0.05) is 30.3 Å². The minimum absolute atomic E-state index is 0.335. The summed E-state index contributed by atoms with van der Waals surface area (Å²) in [7, 11) is 0. The normalized spacial score (nSPS) is 13.3. The molecule has 24 heavy (non-hydrogen) atoms. The first-order valence-corrected chi connectivity index (χ1v) is 8.39. The lowest BCUT2D eigenvalue weighted by atomic mass is 10.1. The van der Waals surface area contributed by atoms with Gasteiger partial charge in [-0.05, 0) is 24.7 Å². The van der Waals surface area contributed by atoms with Crippen LogP contribution in [0.3, 0.4) is 0 Å². The molecule has 2 heterocycles. The van der Waals surface area contributed by atoms with Crippen LogP contribution in [0.4, 0.5) is 0 Å². The number of carbonyl (C=O) groups is 1. The Balaban J connectivity index is 1.64. The van der Waals surface area contributed by atoms with Crippen LogP contribution < -0.4 is 5.32 Å². The van der Waals surface area contributed by atoms with Crippen LogP contribution in [0.1, 0.15) is 34.2 Å². The molecule has 0 spiro atoms. The largest absolute Gasteiger partial charge is 0.461 e. The van der Waals surface area contributed by atoms with Crippen molar-refractivity contribution in [3.63, 3.8) is 0 Å². The predicted molar refractivity (Wildman–Crippen MR) is 94.5 cm³/mol. The van der Waals surface area contributed by atoms with Crippen molar-refractivity contribution in [1.29, 1.82) is 0 Å². The molecule has 2 aromatic rings. The van der Waals surface area contributed by atoms with Gasteiger partial charge in [0, 0.05) is 37.3 Å². The van der Waals surface area contributed by atoms with E-state index in [1.54, 1.807) is 6.92 Å². The van der Waals surface area contributed by atoms with E-state index in [0.29, 0.717) is 30.5 Å². The molecule has 6 nitrogen and oxygen atoms in total.